The molecule has 0 radical (unpaired) electrons. The fourth-order valence-electron chi connectivity index (χ4n) is 2.46. The number of hydrogen-bond donors (Lipinski definition) is 2. The van der Waals surface area contributed by atoms with Gasteiger partial charge in [-0.3, -0.25) is 4.79 Å². The summed E-state index contributed by atoms with van der Waals surface area (Å²) in [4.78, 5) is 14.0. The Bertz CT molecular complexity index is 615. The maximum absolute atomic E-state index is 12.4. The molecule has 3 N–H and O–H groups in total. The number of halogens is 1. The van der Waals surface area contributed by atoms with Crippen LogP contribution >= 0.6 is 12.4 Å². The van der Waals surface area contributed by atoms with Crippen LogP contribution in [0.25, 0.3) is 0 Å². The van der Waals surface area contributed by atoms with Gasteiger partial charge in [0.05, 0.1) is 0 Å². The number of amides is 1. The lowest BCUT2D eigenvalue weighted by molar-refractivity contribution is 0.0623. The fraction of sp³-hybridized carbons (Fsp3) is 0.615. The highest BCUT2D eigenvalue weighted by Crippen LogP contribution is 2.22. The van der Waals surface area contributed by atoms with Gasteiger partial charge in [-0.2, -0.15) is 0 Å². The van der Waals surface area contributed by atoms with Crippen molar-refractivity contribution in [3.05, 3.63) is 17.9 Å². The summed E-state index contributed by atoms with van der Waals surface area (Å²) < 4.78 is 30.5. The molecule has 126 valence electrons. The molecule has 1 aromatic heterocycles. The Kier molecular flexibility index (Phi) is 6.42. The van der Waals surface area contributed by atoms with Gasteiger partial charge in [0.25, 0.3) is 15.9 Å². The van der Waals surface area contributed by atoms with E-state index >= 15 is 0 Å². The zero-order valence-corrected chi connectivity index (χ0v) is 14.2. The van der Waals surface area contributed by atoms with Gasteiger partial charge in [-0.15, -0.1) is 12.4 Å². The smallest absolute Gasteiger partial charge is 0.289 e. The molecule has 1 amide bonds. The van der Waals surface area contributed by atoms with E-state index in [1.807, 2.05) is 6.92 Å². The maximum atomic E-state index is 12.4. The maximum Gasteiger partial charge on any atom is 0.289 e. The zero-order chi connectivity index (χ0) is 15.6. The van der Waals surface area contributed by atoms with E-state index in [1.54, 1.807) is 4.90 Å². The third-order valence-corrected chi connectivity index (χ3v) is 5.10. The van der Waals surface area contributed by atoms with Crippen LogP contribution in [-0.4, -0.2) is 45.4 Å². The summed E-state index contributed by atoms with van der Waals surface area (Å²) >= 11 is 0. The number of nitrogens with one attached hydrogen (secondary N) is 1. The van der Waals surface area contributed by atoms with E-state index in [1.165, 1.54) is 19.2 Å². The molecule has 0 aliphatic carbocycles. The topological polar surface area (TPSA) is 106 Å². The molecule has 9 heteroatoms. The summed E-state index contributed by atoms with van der Waals surface area (Å²) in [6, 6.07) is 2.70. The van der Waals surface area contributed by atoms with E-state index < -0.39 is 10.0 Å². The van der Waals surface area contributed by atoms with Gasteiger partial charge in [0.15, 0.2) is 5.76 Å². The van der Waals surface area contributed by atoms with Crippen molar-refractivity contribution in [1.29, 1.82) is 0 Å². The van der Waals surface area contributed by atoms with Gasteiger partial charge in [-0.05, 0) is 44.9 Å². The molecule has 1 saturated heterocycles. The lowest BCUT2D eigenvalue weighted by Crippen LogP contribution is -2.44. The first-order valence-electron chi connectivity index (χ1n) is 6.93. The van der Waals surface area contributed by atoms with E-state index in [0.29, 0.717) is 13.1 Å². The molecule has 2 atom stereocenters. The highest BCUT2D eigenvalue weighted by Gasteiger charge is 2.29. The van der Waals surface area contributed by atoms with Crippen molar-refractivity contribution < 1.29 is 17.6 Å². The predicted octanol–water partition coefficient (Wildman–Crippen LogP) is 0.809. The number of sulfonamides is 1. The monoisotopic (exact) mass is 351 g/mol. The van der Waals surface area contributed by atoms with Gasteiger partial charge >= 0.3 is 0 Å². The van der Waals surface area contributed by atoms with Crippen LogP contribution in [0.4, 0.5) is 0 Å². The lowest BCUT2D eigenvalue weighted by Gasteiger charge is -2.34. The quantitative estimate of drug-likeness (QED) is 0.835. The van der Waals surface area contributed by atoms with E-state index in [9.17, 15) is 13.2 Å². The van der Waals surface area contributed by atoms with Crippen molar-refractivity contribution in [3.8, 4) is 0 Å². The van der Waals surface area contributed by atoms with Gasteiger partial charge in [-0.1, -0.05) is 0 Å². The van der Waals surface area contributed by atoms with Crippen LogP contribution in [0, 0.1) is 5.92 Å². The lowest BCUT2D eigenvalue weighted by atomic mass is 9.92. The van der Waals surface area contributed by atoms with Crippen LogP contribution in [-0.2, 0) is 10.0 Å². The molecule has 0 spiro atoms. The molecule has 1 fully saturated rings. The van der Waals surface area contributed by atoms with Crippen LogP contribution < -0.4 is 10.5 Å². The number of carbonyl (C=O) groups is 1. The summed E-state index contributed by atoms with van der Waals surface area (Å²) in [6.07, 6.45) is 1.89. The molecule has 7 nitrogen and oxygen atoms in total. The summed E-state index contributed by atoms with van der Waals surface area (Å²) in [7, 11) is -2.38. The van der Waals surface area contributed by atoms with Crippen LogP contribution in [0.1, 0.15) is 30.3 Å². The van der Waals surface area contributed by atoms with Crippen LogP contribution in [0.2, 0.25) is 0 Å². The first-order chi connectivity index (χ1) is 9.85. The normalized spacial score (nSPS) is 20.3. The number of carbonyl (C=O) groups excluding carboxylic acids is 1. The van der Waals surface area contributed by atoms with Crippen molar-refractivity contribution in [1.82, 2.24) is 9.62 Å². The largest absolute Gasteiger partial charge is 0.438 e. The van der Waals surface area contributed by atoms with Gasteiger partial charge in [-0.25, -0.2) is 13.1 Å². The number of piperidine rings is 1. The van der Waals surface area contributed by atoms with Crippen molar-refractivity contribution in [3.63, 3.8) is 0 Å². The Morgan fingerprint density at radius 3 is 2.77 bits per heavy atom. The molecular weight excluding hydrogens is 330 g/mol. The van der Waals surface area contributed by atoms with Gasteiger partial charge in [0.2, 0.25) is 5.09 Å². The van der Waals surface area contributed by atoms with Crippen LogP contribution in [0.3, 0.4) is 0 Å². The van der Waals surface area contributed by atoms with Crippen molar-refractivity contribution in [2.45, 2.75) is 30.9 Å². The van der Waals surface area contributed by atoms with Crippen LogP contribution in [0.15, 0.2) is 21.6 Å². The Balaban J connectivity index is 0.00000242. The van der Waals surface area contributed by atoms with Gasteiger partial charge < -0.3 is 15.1 Å². The number of nitrogens with two attached hydrogens (primary N) is 1. The third kappa shape index (κ3) is 4.01. The highest BCUT2D eigenvalue weighted by atomic mass is 35.5. The number of nitrogens with zero attached hydrogens (tertiary/aromatic N) is 1. The molecule has 2 unspecified atom stereocenters. The summed E-state index contributed by atoms with van der Waals surface area (Å²) in [5.74, 6) is 0.00484. The minimum atomic E-state index is -3.67. The minimum Gasteiger partial charge on any atom is -0.438 e. The first kappa shape index (κ1) is 19.0. The van der Waals surface area contributed by atoms with E-state index in [4.69, 9.17) is 10.2 Å². The SMILES string of the molecule is CNS(=O)(=O)c1ccc(C(=O)N2CCCC(C(C)N)C2)o1.Cl. The molecule has 1 aromatic rings. The Morgan fingerprint density at radius 1 is 1.50 bits per heavy atom. The fourth-order valence-corrected chi connectivity index (χ4v) is 3.11. The van der Waals surface area contributed by atoms with Crippen molar-refractivity contribution in [2.75, 3.05) is 20.1 Å². The number of hydrogen-bond acceptors (Lipinski definition) is 5. The van der Waals surface area contributed by atoms with E-state index in [-0.39, 0.29) is 41.1 Å². The van der Waals surface area contributed by atoms with E-state index in [0.717, 1.165) is 12.8 Å². The summed E-state index contributed by atoms with van der Waals surface area (Å²) in [5, 5.41) is -0.255. The second-order valence-corrected chi connectivity index (χ2v) is 7.16. The molecule has 1 aliphatic rings. The summed E-state index contributed by atoms with van der Waals surface area (Å²) in [5.41, 5.74) is 5.90. The molecule has 2 rings (SSSR count). The third-order valence-electron chi connectivity index (χ3n) is 3.81. The van der Waals surface area contributed by atoms with Gasteiger partial charge in [0, 0.05) is 19.1 Å². The van der Waals surface area contributed by atoms with Crippen molar-refractivity contribution >= 4 is 28.3 Å². The zero-order valence-electron chi connectivity index (χ0n) is 12.6. The van der Waals surface area contributed by atoms with E-state index in [2.05, 4.69) is 4.72 Å². The van der Waals surface area contributed by atoms with Crippen molar-refractivity contribution in [2.24, 2.45) is 11.7 Å². The minimum absolute atomic E-state index is 0. The average molecular weight is 352 g/mol. The molecule has 0 saturated carbocycles. The molecule has 1 aliphatic heterocycles. The highest BCUT2D eigenvalue weighted by molar-refractivity contribution is 7.89. The first-order valence-corrected chi connectivity index (χ1v) is 8.41. The molecule has 2 heterocycles. The van der Waals surface area contributed by atoms with Crippen LogP contribution in [0.5, 0.6) is 0 Å². The molecule has 0 aromatic carbocycles. The number of likely N-dealkylation sites (tertiary alicyclic amines) is 1. The summed E-state index contributed by atoms with van der Waals surface area (Å²) in [6.45, 7) is 3.14. The second kappa shape index (κ2) is 7.45. The number of rotatable bonds is 4. The molecule has 22 heavy (non-hydrogen) atoms. The number of furan rings is 1. The standard InChI is InChI=1S/C13H21N3O4S.ClH/c1-9(14)10-4-3-7-16(8-10)13(17)11-5-6-12(20-11)21(18,19)15-2;/h5-6,9-10,15H,3-4,7-8,14H2,1-2H3;1H. The molecular formula is C13H22ClN3O4S. The molecule has 0 bridgehead atoms. The predicted molar refractivity (Wildman–Crippen MR) is 84.5 cm³/mol. The Hall–Kier alpha value is -1.09. The Labute approximate surface area is 136 Å². The Morgan fingerprint density at radius 2 is 2.18 bits per heavy atom. The van der Waals surface area contributed by atoms with Gasteiger partial charge in [0.1, 0.15) is 0 Å². The second-order valence-electron chi connectivity index (χ2n) is 5.34. The average Bonchev–Trinajstić information content (AvgIpc) is 2.97.